The van der Waals surface area contributed by atoms with Gasteiger partial charge in [0.15, 0.2) is 11.2 Å². The van der Waals surface area contributed by atoms with Crippen molar-refractivity contribution in [3.63, 3.8) is 0 Å². The van der Waals surface area contributed by atoms with Gasteiger partial charge in [-0.2, -0.15) is 0 Å². The van der Waals surface area contributed by atoms with E-state index in [-0.39, 0.29) is 50.5 Å². The lowest BCUT2D eigenvalue weighted by Gasteiger charge is -2.25. The molecule has 3 heterocycles. The lowest BCUT2D eigenvalue weighted by Crippen LogP contribution is -2.38. The van der Waals surface area contributed by atoms with Gasteiger partial charge in [-0.05, 0) is 48.7 Å². The monoisotopic (exact) mass is 645 g/mol. The zero-order valence-electron chi connectivity index (χ0n) is 26.7. The predicted molar refractivity (Wildman–Crippen MR) is 181 cm³/mol. The predicted octanol–water partition coefficient (Wildman–Crippen LogP) is 4.59. The van der Waals surface area contributed by atoms with Gasteiger partial charge < -0.3 is 29.8 Å². The van der Waals surface area contributed by atoms with Crippen molar-refractivity contribution in [1.82, 2.24) is 16.0 Å². The Morgan fingerprint density at radius 3 is 2.06 bits per heavy atom. The number of nitrogens with one attached hydrogen (secondary N) is 3. The van der Waals surface area contributed by atoms with Crippen LogP contribution in [0.4, 0.5) is 0 Å². The SMILES string of the molecule is CC(=O)NC[C@H]1CC(=O)c2ccccc2O1.CC(=O)NC[C@H]1CCc2ccccc2O1.CC(=O)NCc1cc(=O)c2ccccc2o1.[HH].[HH]. The molecule has 0 saturated carbocycles. The second kappa shape index (κ2) is 16.7. The molecular formula is C36H43N3O8. The molecule has 250 valence electrons. The van der Waals surface area contributed by atoms with Gasteiger partial charge >= 0.3 is 0 Å². The van der Waals surface area contributed by atoms with Crippen molar-refractivity contribution in [2.75, 3.05) is 13.1 Å². The number of rotatable bonds is 6. The highest BCUT2D eigenvalue weighted by molar-refractivity contribution is 5.99. The van der Waals surface area contributed by atoms with Gasteiger partial charge in [0, 0.05) is 36.1 Å². The smallest absolute Gasteiger partial charge is 0.217 e. The van der Waals surface area contributed by atoms with Gasteiger partial charge in [-0.3, -0.25) is 24.0 Å². The van der Waals surface area contributed by atoms with Gasteiger partial charge in [0.05, 0.1) is 30.6 Å². The Balaban J connectivity index is 0.000000250. The van der Waals surface area contributed by atoms with E-state index < -0.39 is 0 Å². The molecule has 1 aromatic heterocycles. The summed E-state index contributed by atoms with van der Waals surface area (Å²) in [7, 11) is 0. The number of hydrogen-bond donors (Lipinski definition) is 3. The molecule has 6 rings (SSSR count). The summed E-state index contributed by atoms with van der Waals surface area (Å²) in [5.74, 6) is 1.81. The Labute approximate surface area is 275 Å². The number of carbonyl (C=O) groups is 4. The van der Waals surface area contributed by atoms with Crippen LogP contribution in [0.1, 0.15) is 58.1 Å². The minimum atomic E-state index is -0.258. The number of carbonyl (C=O) groups excluding carboxylic acids is 4. The van der Waals surface area contributed by atoms with E-state index in [0.29, 0.717) is 47.6 Å². The first kappa shape index (κ1) is 34.4. The summed E-state index contributed by atoms with van der Waals surface area (Å²) in [6.07, 6.45) is 2.17. The van der Waals surface area contributed by atoms with Crippen LogP contribution in [0.2, 0.25) is 0 Å². The second-order valence-corrected chi connectivity index (χ2v) is 11.1. The zero-order chi connectivity index (χ0) is 33.8. The van der Waals surface area contributed by atoms with Crippen molar-refractivity contribution in [3.8, 4) is 11.5 Å². The highest BCUT2D eigenvalue weighted by Gasteiger charge is 2.26. The Hall–Kier alpha value is -5.45. The maximum Gasteiger partial charge on any atom is 0.217 e. The number of ether oxygens (including phenoxy) is 2. The first-order chi connectivity index (χ1) is 22.6. The molecule has 0 radical (unpaired) electrons. The largest absolute Gasteiger partial charge is 0.488 e. The third-order valence-corrected chi connectivity index (χ3v) is 7.25. The number of ketones is 1. The minimum Gasteiger partial charge on any atom is -0.488 e. The number of fused-ring (bicyclic) bond motifs is 3. The first-order valence-electron chi connectivity index (χ1n) is 15.4. The van der Waals surface area contributed by atoms with Crippen LogP contribution in [0.15, 0.2) is 88.1 Å². The number of amides is 3. The van der Waals surface area contributed by atoms with Crippen LogP contribution in [0.3, 0.4) is 0 Å². The van der Waals surface area contributed by atoms with Gasteiger partial charge in [0.1, 0.15) is 35.1 Å². The number of Topliss-reactive ketones (excluding diaryl/α,β-unsaturated/α-hetero) is 1. The van der Waals surface area contributed by atoms with E-state index in [9.17, 15) is 24.0 Å². The third-order valence-electron chi connectivity index (χ3n) is 7.25. The molecule has 0 saturated heterocycles. The van der Waals surface area contributed by atoms with Gasteiger partial charge in [0.25, 0.3) is 0 Å². The molecule has 0 bridgehead atoms. The zero-order valence-corrected chi connectivity index (χ0v) is 26.7. The van der Waals surface area contributed by atoms with Crippen LogP contribution < -0.4 is 30.9 Å². The average Bonchev–Trinajstić information content (AvgIpc) is 3.06. The third kappa shape index (κ3) is 10.6. The first-order valence-corrected chi connectivity index (χ1v) is 15.4. The molecule has 2 aliphatic heterocycles. The molecule has 0 fully saturated rings. The van der Waals surface area contributed by atoms with Crippen LogP contribution in [-0.4, -0.2) is 48.8 Å². The standard InChI is InChI=1S/C12H13NO3.C12H11NO3.C12H15NO2.2H2/c2*1-8(14)13-7-9-6-11(15)10-4-2-3-5-12(10)16-9;1-9(14)13-8-11-7-6-10-4-2-3-5-12(10)15-11;;/h2-5,9H,6-7H2,1H3,(H,13,14);2-6H,7H2,1H3,(H,13,14);2-5,11H,6-8H2,1H3,(H,13,14);2*1H/t9-;;11-;;/m1.1../s1. The van der Waals surface area contributed by atoms with E-state index in [1.165, 1.54) is 32.4 Å². The Bertz CT molecular complexity index is 1800. The summed E-state index contributed by atoms with van der Waals surface area (Å²) in [5.41, 5.74) is 2.33. The molecule has 3 N–H and O–H groups in total. The molecule has 2 atom stereocenters. The van der Waals surface area contributed by atoms with E-state index in [2.05, 4.69) is 22.0 Å². The molecule has 47 heavy (non-hydrogen) atoms. The Morgan fingerprint density at radius 2 is 1.34 bits per heavy atom. The minimum absolute atomic E-state index is 0. The van der Waals surface area contributed by atoms with E-state index in [0.717, 1.165) is 18.6 Å². The molecule has 0 spiro atoms. The molecule has 11 heteroatoms. The quantitative estimate of drug-likeness (QED) is 0.275. The molecule has 4 aromatic rings. The van der Waals surface area contributed by atoms with Crippen molar-refractivity contribution in [1.29, 1.82) is 0 Å². The highest BCUT2D eigenvalue weighted by Crippen LogP contribution is 2.27. The normalized spacial score (nSPS) is 15.9. The van der Waals surface area contributed by atoms with E-state index in [1.807, 2.05) is 30.3 Å². The number of aryl methyl sites for hydroxylation is 1. The molecule has 3 aromatic carbocycles. The molecule has 3 amide bonds. The van der Waals surface area contributed by atoms with Gasteiger partial charge in [-0.25, -0.2) is 0 Å². The summed E-state index contributed by atoms with van der Waals surface area (Å²) in [4.78, 5) is 55.7. The molecular weight excluding hydrogens is 602 g/mol. The summed E-state index contributed by atoms with van der Waals surface area (Å²) in [6.45, 7) is 5.59. The Kier molecular flexibility index (Phi) is 12.3. The van der Waals surface area contributed by atoms with Crippen molar-refractivity contribution >= 4 is 34.5 Å². The molecule has 11 nitrogen and oxygen atoms in total. The maximum atomic E-state index is 11.7. The fourth-order valence-corrected chi connectivity index (χ4v) is 4.94. The van der Waals surface area contributed by atoms with Crippen LogP contribution in [0.25, 0.3) is 11.0 Å². The van der Waals surface area contributed by atoms with Crippen molar-refractivity contribution < 1.29 is 35.9 Å². The van der Waals surface area contributed by atoms with Crippen molar-refractivity contribution in [2.45, 2.75) is 58.8 Å². The number of para-hydroxylation sites is 3. The second-order valence-electron chi connectivity index (χ2n) is 11.1. The Morgan fingerprint density at radius 1 is 0.745 bits per heavy atom. The lowest BCUT2D eigenvalue weighted by molar-refractivity contribution is -0.120. The van der Waals surface area contributed by atoms with Gasteiger partial charge in [-0.15, -0.1) is 0 Å². The number of hydrogen-bond acceptors (Lipinski definition) is 8. The topological polar surface area (TPSA) is 153 Å². The van der Waals surface area contributed by atoms with Gasteiger partial charge in [0.2, 0.25) is 17.7 Å². The van der Waals surface area contributed by atoms with E-state index >= 15 is 0 Å². The van der Waals surface area contributed by atoms with Gasteiger partial charge in [-0.1, -0.05) is 42.5 Å². The molecule has 2 aliphatic rings. The average molecular weight is 646 g/mol. The summed E-state index contributed by atoms with van der Waals surface area (Å²) in [5, 5.41) is 8.56. The van der Waals surface area contributed by atoms with Crippen LogP contribution in [0, 0.1) is 0 Å². The molecule has 0 unspecified atom stereocenters. The van der Waals surface area contributed by atoms with Crippen molar-refractivity contribution in [2.24, 2.45) is 0 Å². The lowest BCUT2D eigenvalue weighted by atomic mass is 10.0. The summed E-state index contributed by atoms with van der Waals surface area (Å²) in [6, 6.07) is 23.7. The number of benzene rings is 3. The van der Waals surface area contributed by atoms with Crippen molar-refractivity contribution in [3.05, 3.63) is 106 Å². The highest BCUT2D eigenvalue weighted by atomic mass is 16.5. The summed E-state index contributed by atoms with van der Waals surface area (Å²) < 4.78 is 16.9. The molecule has 0 aliphatic carbocycles. The maximum absolute atomic E-state index is 11.7. The van der Waals surface area contributed by atoms with Crippen LogP contribution >= 0.6 is 0 Å². The van der Waals surface area contributed by atoms with Crippen LogP contribution in [0.5, 0.6) is 11.5 Å². The van der Waals surface area contributed by atoms with E-state index in [4.69, 9.17) is 13.9 Å². The summed E-state index contributed by atoms with van der Waals surface area (Å²) >= 11 is 0. The van der Waals surface area contributed by atoms with E-state index in [1.54, 1.807) is 36.4 Å². The fraction of sp³-hybridized carbons (Fsp3) is 0.306. The van der Waals surface area contributed by atoms with Crippen LogP contribution in [-0.2, 0) is 27.3 Å². The fourth-order valence-electron chi connectivity index (χ4n) is 4.94.